The average Bonchev–Trinajstić information content (AvgIpc) is 2.61. The molecule has 1 heterocycles. The van der Waals surface area contributed by atoms with Crippen molar-refractivity contribution in [2.24, 2.45) is 5.92 Å². The van der Waals surface area contributed by atoms with Crippen molar-refractivity contribution in [1.82, 2.24) is 0 Å². The molecule has 5 heteroatoms. The molecule has 130 valence electrons. The van der Waals surface area contributed by atoms with Crippen LogP contribution in [0.1, 0.15) is 43.7 Å². The first-order valence-corrected chi connectivity index (χ1v) is 8.79. The van der Waals surface area contributed by atoms with Crippen LogP contribution in [-0.4, -0.2) is 38.0 Å². The number of nitrogens with one attached hydrogen (secondary N) is 1. The standard InChI is InChI=1S/C19H26N2O3/c1-23-16-7-6-14(13-17(16)24-2)18-15-5-3-4-8-19(15,22)9-11-21(18)12-10-20/h6-7,13,15,18,22H,3-5,8-9,11-12H2,1-2H3/p+1/t15-,18-,19+/m1/s1. The molecule has 0 radical (unpaired) electrons. The molecular formula is C19H27N2O3+. The molecule has 1 unspecified atom stereocenters. The van der Waals surface area contributed by atoms with Gasteiger partial charge in [-0.05, 0) is 31.0 Å². The molecule has 2 fully saturated rings. The van der Waals surface area contributed by atoms with Crippen molar-refractivity contribution < 1.29 is 19.5 Å². The van der Waals surface area contributed by atoms with E-state index < -0.39 is 5.60 Å². The van der Waals surface area contributed by atoms with Crippen molar-refractivity contribution in [2.45, 2.75) is 43.7 Å². The van der Waals surface area contributed by atoms with Gasteiger partial charge in [-0.1, -0.05) is 12.8 Å². The number of fused-ring (bicyclic) bond motifs is 1. The maximum absolute atomic E-state index is 11.2. The van der Waals surface area contributed by atoms with Crippen molar-refractivity contribution >= 4 is 0 Å². The third kappa shape index (κ3) is 2.97. The minimum atomic E-state index is -0.588. The van der Waals surface area contributed by atoms with Gasteiger partial charge in [-0.25, -0.2) is 0 Å². The fraction of sp³-hybridized carbons (Fsp3) is 0.632. The quantitative estimate of drug-likeness (QED) is 0.820. The summed E-state index contributed by atoms with van der Waals surface area (Å²) in [7, 11) is 3.27. The Bertz CT molecular complexity index is 628. The normalized spacial score (nSPS) is 32.5. The number of piperidine rings is 1. The first-order valence-electron chi connectivity index (χ1n) is 8.79. The summed E-state index contributed by atoms with van der Waals surface area (Å²) in [6, 6.07) is 8.45. The third-order valence-corrected chi connectivity index (χ3v) is 5.86. The summed E-state index contributed by atoms with van der Waals surface area (Å²) in [5, 5.41) is 20.4. The molecule has 2 N–H and O–H groups in total. The van der Waals surface area contributed by atoms with Crippen LogP contribution in [0.3, 0.4) is 0 Å². The summed E-state index contributed by atoms with van der Waals surface area (Å²) in [6.07, 6.45) is 4.93. The summed E-state index contributed by atoms with van der Waals surface area (Å²) in [5.41, 5.74) is 0.539. The van der Waals surface area contributed by atoms with E-state index in [1.807, 2.05) is 12.1 Å². The fourth-order valence-corrected chi connectivity index (χ4v) is 4.67. The van der Waals surface area contributed by atoms with Crippen LogP contribution in [0.25, 0.3) is 0 Å². The zero-order valence-corrected chi connectivity index (χ0v) is 14.5. The average molecular weight is 331 g/mol. The van der Waals surface area contributed by atoms with Gasteiger partial charge >= 0.3 is 0 Å². The molecular weight excluding hydrogens is 304 g/mol. The Kier molecular flexibility index (Phi) is 4.98. The summed E-state index contributed by atoms with van der Waals surface area (Å²) < 4.78 is 10.8. The smallest absolute Gasteiger partial charge is 0.165 e. The zero-order chi connectivity index (χ0) is 17.2. The van der Waals surface area contributed by atoms with E-state index in [2.05, 4.69) is 12.1 Å². The Labute approximate surface area is 143 Å². The lowest BCUT2D eigenvalue weighted by molar-refractivity contribution is -0.938. The maximum Gasteiger partial charge on any atom is 0.165 e. The van der Waals surface area contributed by atoms with Crippen LogP contribution in [0.2, 0.25) is 0 Å². The van der Waals surface area contributed by atoms with Crippen LogP contribution in [0.4, 0.5) is 0 Å². The number of rotatable bonds is 4. The number of nitriles is 1. The Morgan fingerprint density at radius 3 is 2.75 bits per heavy atom. The highest BCUT2D eigenvalue weighted by Crippen LogP contribution is 2.45. The van der Waals surface area contributed by atoms with Gasteiger partial charge in [0.2, 0.25) is 0 Å². The fourth-order valence-electron chi connectivity index (χ4n) is 4.67. The Morgan fingerprint density at radius 2 is 2.04 bits per heavy atom. The van der Waals surface area contributed by atoms with Gasteiger partial charge in [0, 0.05) is 17.9 Å². The number of hydrogen-bond donors (Lipinski definition) is 2. The summed E-state index contributed by atoms with van der Waals surface area (Å²) in [6.45, 7) is 1.30. The molecule has 1 aliphatic heterocycles. The lowest BCUT2D eigenvalue weighted by Gasteiger charge is -2.49. The number of aliphatic hydroxyl groups is 1. The Hall–Kier alpha value is -1.77. The topological polar surface area (TPSA) is 66.9 Å². The summed E-state index contributed by atoms with van der Waals surface area (Å²) in [4.78, 5) is 1.25. The van der Waals surface area contributed by atoms with Crippen LogP contribution in [0.5, 0.6) is 11.5 Å². The van der Waals surface area contributed by atoms with Crippen molar-refractivity contribution in [3.8, 4) is 17.6 Å². The van der Waals surface area contributed by atoms with Gasteiger partial charge in [0.25, 0.3) is 0 Å². The molecule has 2 aliphatic rings. The minimum absolute atomic E-state index is 0.128. The number of methoxy groups -OCH3 is 2. The van der Waals surface area contributed by atoms with Gasteiger partial charge < -0.3 is 19.5 Å². The Balaban J connectivity index is 2.00. The lowest BCUT2D eigenvalue weighted by atomic mass is 9.66. The van der Waals surface area contributed by atoms with E-state index in [-0.39, 0.29) is 12.0 Å². The zero-order valence-electron chi connectivity index (χ0n) is 14.5. The number of benzene rings is 1. The number of likely N-dealkylation sites (tertiary alicyclic amines) is 1. The maximum atomic E-state index is 11.2. The van der Waals surface area contributed by atoms with Crippen LogP contribution in [0.15, 0.2) is 18.2 Å². The molecule has 0 spiro atoms. The molecule has 1 saturated heterocycles. The van der Waals surface area contributed by atoms with Gasteiger partial charge in [0.15, 0.2) is 18.0 Å². The molecule has 1 aromatic carbocycles. The second kappa shape index (κ2) is 7.00. The number of nitrogens with zero attached hydrogens (tertiary/aromatic N) is 1. The van der Waals surface area contributed by atoms with E-state index in [0.717, 1.165) is 44.2 Å². The SMILES string of the molecule is COc1ccc([C@@H]2[C@H]3CCCC[C@]3(O)CC[NH+]2CC#N)cc1OC. The van der Waals surface area contributed by atoms with Gasteiger partial charge in [0.05, 0.1) is 26.4 Å². The number of hydrogen-bond acceptors (Lipinski definition) is 4. The second-order valence-electron chi connectivity index (χ2n) is 7.04. The van der Waals surface area contributed by atoms with E-state index >= 15 is 0 Å². The van der Waals surface area contributed by atoms with Crippen LogP contribution < -0.4 is 14.4 Å². The summed E-state index contributed by atoms with van der Waals surface area (Å²) >= 11 is 0. The van der Waals surface area contributed by atoms with Gasteiger partial charge in [-0.3, -0.25) is 0 Å². The second-order valence-corrected chi connectivity index (χ2v) is 7.04. The molecule has 1 aromatic rings. The van der Waals surface area contributed by atoms with Gasteiger partial charge in [0.1, 0.15) is 12.1 Å². The van der Waals surface area contributed by atoms with Crippen molar-refractivity contribution in [1.29, 1.82) is 5.26 Å². The first kappa shape index (κ1) is 17.1. The van der Waals surface area contributed by atoms with Crippen LogP contribution in [0, 0.1) is 17.2 Å². The van der Waals surface area contributed by atoms with Crippen molar-refractivity contribution in [3.05, 3.63) is 23.8 Å². The largest absolute Gasteiger partial charge is 0.493 e. The molecule has 24 heavy (non-hydrogen) atoms. The van der Waals surface area contributed by atoms with Gasteiger partial charge in [-0.2, -0.15) is 5.26 Å². The van der Waals surface area contributed by atoms with E-state index in [9.17, 15) is 10.4 Å². The molecule has 0 amide bonds. The minimum Gasteiger partial charge on any atom is -0.493 e. The lowest BCUT2D eigenvalue weighted by Crippen LogP contribution is -3.15. The van der Waals surface area contributed by atoms with E-state index in [1.54, 1.807) is 14.2 Å². The highest BCUT2D eigenvalue weighted by Gasteiger charge is 2.51. The highest BCUT2D eigenvalue weighted by molar-refractivity contribution is 5.43. The van der Waals surface area contributed by atoms with Crippen molar-refractivity contribution in [3.63, 3.8) is 0 Å². The first-order chi connectivity index (χ1) is 11.6. The monoisotopic (exact) mass is 331 g/mol. The van der Waals surface area contributed by atoms with E-state index in [4.69, 9.17) is 9.47 Å². The number of ether oxygens (including phenoxy) is 2. The molecule has 5 nitrogen and oxygen atoms in total. The van der Waals surface area contributed by atoms with Crippen molar-refractivity contribution in [2.75, 3.05) is 27.3 Å². The molecule has 3 rings (SSSR count). The third-order valence-electron chi connectivity index (χ3n) is 5.86. The van der Waals surface area contributed by atoms with E-state index in [1.165, 1.54) is 4.90 Å². The molecule has 1 saturated carbocycles. The highest BCUT2D eigenvalue weighted by atomic mass is 16.5. The predicted octanol–water partition coefficient (Wildman–Crippen LogP) is 1.48. The number of quaternary nitrogens is 1. The van der Waals surface area contributed by atoms with E-state index in [0.29, 0.717) is 18.0 Å². The van der Waals surface area contributed by atoms with Crippen LogP contribution >= 0.6 is 0 Å². The van der Waals surface area contributed by atoms with Gasteiger partial charge in [-0.15, -0.1) is 0 Å². The molecule has 4 atom stereocenters. The summed E-state index contributed by atoms with van der Waals surface area (Å²) in [5.74, 6) is 1.61. The van der Waals surface area contributed by atoms with Crippen LogP contribution in [-0.2, 0) is 0 Å². The Morgan fingerprint density at radius 1 is 1.25 bits per heavy atom. The molecule has 0 aromatic heterocycles. The molecule has 1 aliphatic carbocycles. The molecule has 0 bridgehead atoms. The predicted molar refractivity (Wildman–Crippen MR) is 90.1 cm³/mol.